The maximum atomic E-state index is 12.8. The molecule has 0 spiro atoms. The average Bonchev–Trinajstić information content (AvgIpc) is 2.96. The van der Waals surface area contributed by atoms with Gasteiger partial charge in [0.25, 0.3) is 5.91 Å². The fourth-order valence-electron chi connectivity index (χ4n) is 2.97. The van der Waals surface area contributed by atoms with Crippen molar-refractivity contribution in [3.8, 4) is 11.5 Å². The number of hydrogen-bond acceptors (Lipinski definition) is 4. The maximum absolute atomic E-state index is 12.8. The third kappa shape index (κ3) is 5.02. The molecular formula is C23H23IN2O4. The van der Waals surface area contributed by atoms with Crippen LogP contribution >= 0.6 is 22.6 Å². The van der Waals surface area contributed by atoms with E-state index in [0.29, 0.717) is 24.7 Å². The van der Waals surface area contributed by atoms with E-state index in [2.05, 4.69) is 34.5 Å². The van der Waals surface area contributed by atoms with Crippen LogP contribution in [0.4, 0.5) is 4.79 Å². The van der Waals surface area contributed by atoms with Crippen molar-refractivity contribution in [1.82, 2.24) is 10.2 Å². The average molecular weight is 518 g/mol. The SMILES string of the molecule is C=CCOc1c(I)cc(/C=C2/NC(=O)N(Cc3ccc(C)cc3)C2=O)cc1OCC. The number of urea groups is 1. The molecule has 2 aromatic rings. The lowest BCUT2D eigenvalue weighted by atomic mass is 10.1. The largest absolute Gasteiger partial charge is 0.490 e. The van der Waals surface area contributed by atoms with Crippen molar-refractivity contribution in [3.63, 3.8) is 0 Å². The van der Waals surface area contributed by atoms with Crippen LogP contribution in [0.2, 0.25) is 0 Å². The molecule has 1 aliphatic heterocycles. The zero-order valence-corrected chi connectivity index (χ0v) is 19.1. The minimum Gasteiger partial charge on any atom is -0.490 e. The first-order chi connectivity index (χ1) is 14.4. The van der Waals surface area contributed by atoms with Gasteiger partial charge in [-0.25, -0.2) is 4.79 Å². The molecule has 156 valence electrons. The number of carbonyl (C=O) groups excluding carboxylic acids is 2. The van der Waals surface area contributed by atoms with Crippen molar-refractivity contribution < 1.29 is 19.1 Å². The molecule has 0 atom stereocenters. The normalized spacial score (nSPS) is 14.8. The molecule has 3 rings (SSSR count). The van der Waals surface area contributed by atoms with E-state index in [1.807, 2.05) is 44.2 Å². The molecule has 0 unspecified atom stereocenters. The lowest BCUT2D eigenvalue weighted by molar-refractivity contribution is -0.123. The van der Waals surface area contributed by atoms with Gasteiger partial charge in [-0.05, 0) is 65.8 Å². The summed E-state index contributed by atoms with van der Waals surface area (Å²) in [6, 6.07) is 11.0. The number of ether oxygens (including phenoxy) is 2. The van der Waals surface area contributed by atoms with Crippen LogP contribution in [0, 0.1) is 10.5 Å². The Labute approximate surface area is 189 Å². The van der Waals surface area contributed by atoms with Gasteiger partial charge in [-0.2, -0.15) is 0 Å². The van der Waals surface area contributed by atoms with Crippen LogP contribution in [0.25, 0.3) is 6.08 Å². The quantitative estimate of drug-likeness (QED) is 0.239. The Hall–Kier alpha value is -2.81. The second kappa shape index (κ2) is 9.80. The summed E-state index contributed by atoms with van der Waals surface area (Å²) in [6.45, 7) is 8.60. The molecule has 30 heavy (non-hydrogen) atoms. The van der Waals surface area contributed by atoms with Gasteiger partial charge in [-0.1, -0.05) is 42.5 Å². The Morgan fingerprint density at radius 3 is 2.57 bits per heavy atom. The highest BCUT2D eigenvalue weighted by Crippen LogP contribution is 2.35. The van der Waals surface area contributed by atoms with E-state index in [4.69, 9.17) is 9.47 Å². The third-order valence-electron chi connectivity index (χ3n) is 4.41. The van der Waals surface area contributed by atoms with Crippen molar-refractivity contribution in [2.24, 2.45) is 0 Å². The number of benzene rings is 2. The molecule has 7 heteroatoms. The Balaban J connectivity index is 1.85. The van der Waals surface area contributed by atoms with E-state index in [1.165, 1.54) is 4.90 Å². The van der Waals surface area contributed by atoms with E-state index in [0.717, 1.165) is 20.3 Å². The number of halogens is 1. The smallest absolute Gasteiger partial charge is 0.329 e. The number of nitrogens with one attached hydrogen (secondary N) is 1. The number of aryl methyl sites for hydroxylation is 1. The Morgan fingerprint density at radius 2 is 1.90 bits per heavy atom. The van der Waals surface area contributed by atoms with E-state index >= 15 is 0 Å². The Bertz CT molecular complexity index is 999. The van der Waals surface area contributed by atoms with Crippen LogP contribution in [0.15, 0.2) is 54.8 Å². The molecule has 1 saturated heterocycles. The summed E-state index contributed by atoms with van der Waals surface area (Å²) in [7, 11) is 0. The predicted octanol–water partition coefficient (Wildman–Crippen LogP) is 4.66. The van der Waals surface area contributed by atoms with E-state index in [-0.39, 0.29) is 18.1 Å². The van der Waals surface area contributed by atoms with Crippen molar-refractivity contribution >= 4 is 40.6 Å². The summed E-state index contributed by atoms with van der Waals surface area (Å²) in [6.07, 6.45) is 3.31. The van der Waals surface area contributed by atoms with E-state index in [9.17, 15) is 9.59 Å². The van der Waals surface area contributed by atoms with Crippen LogP contribution < -0.4 is 14.8 Å². The molecule has 1 fully saturated rings. The molecule has 2 aromatic carbocycles. The molecule has 0 bridgehead atoms. The first kappa shape index (κ1) is 21.9. The van der Waals surface area contributed by atoms with Crippen molar-refractivity contribution in [2.75, 3.05) is 13.2 Å². The monoisotopic (exact) mass is 518 g/mol. The standard InChI is InChI=1S/C23H23IN2O4/c1-4-10-30-21-18(24)11-17(13-20(21)29-5-2)12-19-22(27)26(23(28)25-19)14-16-8-6-15(3)7-9-16/h4,6-9,11-13H,1,5,10,14H2,2-3H3,(H,25,28)/b19-12+. The zero-order chi connectivity index (χ0) is 21.7. The van der Waals surface area contributed by atoms with Gasteiger partial charge in [0.2, 0.25) is 0 Å². The summed E-state index contributed by atoms with van der Waals surface area (Å²) < 4.78 is 12.2. The molecule has 1 N–H and O–H groups in total. The predicted molar refractivity (Wildman–Crippen MR) is 124 cm³/mol. The highest BCUT2D eigenvalue weighted by Gasteiger charge is 2.33. The second-order valence-electron chi connectivity index (χ2n) is 6.73. The fraction of sp³-hybridized carbons (Fsp3) is 0.217. The van der Waals surface area contributed by atoms with Crippen LogP contribution in [0.1, 0.15) is 23.6 Å². The second-order valence-corrected chi connectivity index (χ2v) is 7.89. The van der Waals surface area contributed by atoms with Crippen molar-refractivity contribution in [2.45, 2.75) is 20.4 Å². The van der Waals surface area contributed by atoms with Crippen LogP contribution in [0.5, 0.6) is 11.5 Å². The van der Waals surface area contributed by atoms with Gasteiger partial charge in [0.1, 0.15) is 12.3 Å². The van der Waals surface area contributed by atoms with Gasteiger partial charge in [0.15, 0.2) is 11.5 Å². The Morgan fingerprint density at radius 1 is 1.17 bits per heavy atom. The molecule has 3 amide bonds. The maximum Gasteiger partial charge on any atom is 0.329 e. The topological polar surface area (TPSA) is 67.9 Å². The summed E-state index contributed by atoms with van der Waals surface area (Å²) in [4.78, 5) is 26.4. The number of amides is 3. The molecule has 0 aliphatic carbocycles. The van der Waals surface area contributed by atoms with Crippen molar-refractivity contribution in [1.29, 1.82) is 0 Å². The van der Waals surface area contributed by atoms with Gasteiger partial charge < -0.3 is 14.8 Å². The van der Waals surface area contributed by atoms with Gasteiger partial charge in [-0.15, -0.1) is 0 Å². The number of nitrogens with zero attached hydrogens (tertiary/aromatic N) is 1. The van der Waals surface area contributed by atoms with Crippen LogP contribution in [-0.2, 0) is 11.3 Å². The van der Waals surface area contributed by atoms with Crippen LogP contribution in [0.3, 0.4) is 0 Å². The molecule has 6 nitrogen and oxygen atoms in total. The summed E-state index contributed by atoms with van der Waals surface area (Å²) >= 11 is 2.16. The Kier molecular flexibility index (Phi) is 7.15. The number of imide groups is 1. The lowest BCUT2D eigenvalue weighted by Gasteiger charge is -2.14. The summed E-state index contributed by atoms with van der Waals surface area (Å²) in [5, 5.41) is 2.66. The molecule has 0 saturated carbocycles. The highest BCUT2D eigenvalue weighted by molar-refractivity contribution is 14.1. The van der Waals surface area contributed by atoms with Crippen LogP contribution in [-0.4, -0.2) is 30.1 Å². The van der Waals surface area contributed by atoms with E-state index in [1.54, 1.807) is 18.2 Å². The number of carbonyl (C=O) groups is 2. The summed E-state index contributed by atoms with van der Waals surface area (Å²) in [5.74, 6) is 0.842. The minimum atomic E-state index is -0.433. The minimum absolute atomic E-state index is 0.221. The fourth-order valence-corrected chi connectivity index (χ4v) is 3.76. The first-order valence-electron chi connectivity index (χ1n) is 9.53. The first-order valence-corrected chi connectivity index (χ1v) is 10.6. The van der Waals surface area contributed by atoms with Gasteiger partial charge in [0, 0.05) is 0 Å². The lowest BCUT2D eigenvalue weighted by Crippen LogP contribution is -2.30. The molecule has 1 aliphatic rings. The molecule has 0 radical (unpaired) electrons. The molecular weight excluding hydrogens is 495 g/mol. The van der Waals surface area contributed by atoms with Crippen molar-refractivity contribution in [3.05, 3.63) is 75.0 Å². The van der Waals surface area contributed by atoms with Gasteiger partial charge in [-0.3, -0.25) is 9.69 Å². The van der Waals surface area contributed by atoms with E-state index < -0.39 is 6.03 Å². The molecule has 1 heterocycles. The highest BCUT2D eigenvalue weighted by atomic mass is 127. The summed E-state index contributed by atoms with van der Waals surface area (Å²) in [5.41, 5.74) is 2.97. The number of hydrogen-bond donors (Lipinski definition) is 1. The third-order valence-corrected chi connectivity index (χ3v) is 5.21. The van der Waals surface area contributed by atoms with Gasteiger partial charge in [0.05, 0.1) is 16.7 Å². The van der Waals surface area contributed by atoms with Gasteiger partial charge >= 0.3 is 6.03 Å². The number of rotatable bonds is 8. The molecule has 0 aromatic heterocycles. The zero-order valence-electron chi connectivity index (χ0n) is 16.9.